The first-order valence-electron chi connectivity index (χ1n) is 5.90. The summed E-state index contributed by atoms with van der Waals surface area (Å²) in [5.74, 6) is 1.01. The quantitative estimate of drug-likeness (QED) is 0.914. The fourth-order valence-electron chi connectivity index (χ4n) is 1.86. The van der Waals surface area contributed by atoms with Crippen molar-refractivity contribution < 1.29 is 9.84 Å². The number of hydrogen-bond donors (Lipinski definition) is 1. The van der Waals surface area contributed by atoms with Gasteiger partial charge in [0.1, 0.15) is 23.1 Å². The van der Waals surface area contributed by atoms with Crippen LogP contribution in [0.15, 0.2) is 30.3 Å². The van der Waals surface area contributed by atoms with Gasteiger partial charge in [0.2, 0.25) is 0 Å². The molecule has 1 heterocycles. The Labute approximate surface area is 111 Å². The first-order valence-corrected chi connectivity index (χ1v) is 5.90. The zero-order valence-corrected chi connectivity index (χ0v) is 10.8. The molecular formula is C15H14N2O2. The summed E-state index contributed by atoms with van der Waals surface area (Å²) >= 11 is 0. The fraction of sp³-hybridized carbons (Fsp3) is 0.200. The molecule has 0 radical (unpaired) electrons. The summed E-state index contributed by atoms with van der Waals surface area (Å²) in [6, 6.07) is 11.0. The number of aliphatic hydroxyl groups excluding tert-OH is 1. The molecule has 96 valence electrons. The van der Waals surface area contributed by atoms with E-state index < -0.39 is 0 Å². The summed E-state index contributed by atoms with van der Waals surface area (Å²) in [7, 11) is 0. The minimum atomic E-state index is -0.110. The highest BCUT2D eigenvalue weighted by molar-refractivity contribution is 5.49. The molecule has 1 N–H and O–H groups in total. The van der Waals surface area contributed by atoms with Gasteiger partial charge in [-0.3, -0.25) is 4.98 Å². The Morgan fingerprint density at radius 3 is 2.68 bits per heavy atom. The minimum absolute atomic E-state index is 0.110. The number of nitriles is 1. The van der Waals surface area contributed by atoms with Gasteiger partial charge in [-0.05, 0) is 19.9 Å². The molecule has 0 atom stereocenters. The number of nitrogens with zero attached hydrogens (tertiary/aromatic N) is 2. The van der Waals surface area contributed by atoms with Crippen molar-refractivity contribution in [2.24, 2.45) is 0 Å². The predicted octanol–water partition coefficient (Wildman–Crippen LogP) is 2.85. The van der Waals surface area contributed by atoms with Gasteiger partial charge in [0, 0.05) is 17.3 Å². The Morgan fingerprint density at radius 2 is 2.00 bits per heavy atom. The van der Waals surface area contributed by atoms with Crippen LogP contribution in [0.25, 0.3) is 0 Å². The maximum Gasteiger partial charge on any atom is 0.148 e. The van der Waals surface area contributed by atoms with E-state index >= 15 is 0 Å². The van der Waals surface area contributed by atoms with Crippen molar-refractivity contribution in [3.05, 3.63) is 52.8 Å². The van der Waals surface area contributed by atoms with E-state index in [9.17, 15) is 10.4 Å². The Morgan fingerprint density at radius 1 is 1.26 bits per heavy atom. The lowest BCUT2D eigenvalue weighted by molar-refractivity contribution is 0.276. The molecule has 2 aromatic rings. The van der Waals surface area contributed by atoms with Crippen LogP contribution in [0.5, 0.6) is 11.5 Å². The van der Waals surface area contributed by atoms with Gasteiger partial charge in [-0.15, -0.1) is 0 Å². The number of aryl methyl sites for hydroxylation is 2. The van der Waals surface area contributed by atoms with E-state index in [1.54, 1.807) is 25.1 Å². The fourth-order valence-corrected chi connectivity index (χ4v) is 1.86. The second kappa shape index (κ2) is 5.51. The van der Waals surface area contributed by atoms with Gasteiger partial charge in [-0.1, -0.05) is 18.2 Å². The van der Waals surface area contributed by atoms with E-state index in [4.69, 9.17) is 4.74 Å². The number of hydrogen-bond acceptors (Lipinski definition) is 4. The lowest BCUT2D eigenvalue weighted by Crippen LogP contribution is -1.98. The lowest BCUT2D eigenvalue weighted by Gasteiger charge is -2.12. The zero-order chi connectivity index (χ0) is 13.8. The van der Waals surface area contributed by atoms with Crippen molar-refractivity contribution in [2.45, 2.75) is 20.5 Å². The summed E-state index contributed by atoms with van der Waals surface area (Å²) in [4.78, 5) is 4.24. The van der Waals surface area contributed by atoms with Crippen LogP contribution >= 0.6 is 0 Å². The molecule has 4 nitrogen and oxygen atoms in total. The highest BCUT2D eigenvalue weighted by atomic mass is 16.5. The minimum Gasteiger partial charge on any atom is -0.455 e. The molecule has 0 fully saturated rings. The van der Waals surface area contributed by atoms with Crippen molar-refractivity contribution in [2.75, 3.05) is 0 Å². The number of ether oxygens (including phenoxy) is 1. The van der Waals surface area contributed by atoms with E-state index in [0.717, 1.165) is 5.69 Å². The van der Waals surface area contributed by atoms with E-state index in [-0.39, 0.29) is 6.61 Å². The highest BCUT2D eigenvalue weighted by Crippen LogP contribution is 2.29. The molecule has 1 aromatic carbocycles. The number of rotatable bonds is 3. The lowest BCUT2D eigenvalue weighted by atomic mass is 10.1. The maximum atomic E-state index is 9.27. The van der Waals surface area contributed by atoms with Gasteiger partial charge < -0.3 is 9.84 Å². The van der Waals surface area contributed by atoms with Gasteiger partial charge >= 0.3 is 0 Å². The normalized spacial score (nSPS) is 10.0. The van der Waals surface area contributed by atoms with Gasteiger partial charge in [0.15, 0.2) is 0 Å². The van der Waals surface area contributed by atoms with E-state index in [1.165, 1.54) is 0 Å². The Balaban J connectivity index is 2.47. The Bertz CT molecular complexity index is 645. The molecule has 0 saturated heterocycles. The zero-order valence-electron chi connectivity index (χ0n) is 10.8. The van der Waals surface area contributed by atoms with Gasteiger partial charge in [0.05, 0.1) is 12.3 Å². The number of aromatic nitrogens is 1. The summed E-state index contributed by atoms with van der Waals surface area (Å²) in [6.45, 7) is 3.51. The molecule has 4 heteroatoms. The largest absolute Gasteiger partial charge is 0.455 e. The van der Waals surface area contributed by atoms with Crippen molar-refractivity contribution in [3.8, 4) is 17.6 Å². The second-order valence-corrected chi connectivity index (χ2v) is 4.20. The smallest absolute Gasteiger partial charge is 0.148 e. The molecule has 0 spiro atoms. The van der Waals surface area contributed by atoms with Gasteiger partial charge in [0.25, 0.3) is 0 Å². The average Bonchev–Trinajstić information content (AvgIpc) is 2.39. The Hall–Kier alpha value is -2.38. The summed E-state index contributed by atoms with van der Waals surface area (Å²) in [5.41, 5.74) is 2.52. The summed E-state index contributed by atoms with van der Waals surface area (Å²) < 4.78 is 5.76. The van der Waals surface area contributed by atoms with Crippen LogP contribution in [0.1, 0.15) is 22.5 Å². The van der Waals surface area contributed by atoms with Crippen LogP contribution in [0.2, 0.25) is 0 Å². The van der Waals surface area contributed by atoms with Crippen LogP contribution in [-0.4, -0.2) is 10.1 Å². The van der Waals surface area contributed by atoms with Crippen LogP contribution < -0.4 is 4.74 Å². The molecule has 0 unspecified atom stereocenters. The van der Waals surface area contributed by atoms with Crippen LogP contribution in [0.3, 0.4) is 0 Å². The Kier molecular flexibility index (Phi) is 3.79. The van der Waals surface area contributed by atoms with E-state index in [1.807, 2.05) is 19.1 Å². The maximum absolute atomic E-state index is 9.27. The van der Waals surface area contributed by atoms with Crippen molar-refractivity contribution in [1.29, 1.82) is 5.26 Å². The third-order valence-corrected chi connectivity index (χ3v) is 2.77. The number of aliphatic hydroxyl groups is 1. The molecule has 2 rings (SSSR count). The van der Waals surface area contributed by atoms with Gasteiger partial charge in [-0.2, -0.15) is 5.26 Å². The number of benzene rings is 1. The van der Waals surface area contributed by atoms with Crippen molar-refractivity contribution >= 4 is 0 Å². The van der Waals surface area contributed by atoms with Crippen LogP contribution in [-0.2, 0) is 6.61 Å². The molecule has 0 aliphatic carbocycles. The molecule has 0 aliphatic rings. The van der Waals surface area contributed by atoms with Gasteiger partial charge in [-0.25, -0.2) is 0 Å². The van der Waals surface area contributed by atoms with Crippen LogP contribution in [0, 0.1) is 25.2 Å². The first kappa shape index (κ1) is 13.1. The third kappa shape index (κ3) is 2.72. The number of pyridine rings is 1. The molecule has 0 aliphatic heterocycles. The van der Waals surface area contributed by atoms with E-state index in [2.05, 4.69) is 11.1 Å². The number of para-hydroxylation sites is 1. The summed E-state index contributed by atoms with van der Waals surface area (Å²) in [6.07, 6.45) is 0. The molecule has 0 amide bonds. The molecule has 0 saturated carbocycles. The van der Waals surface area contributed by atoms with Crippen LogP contribution in [0.4, 0.5) is 0 Å². The average molecular weight is 254 g/mol. The summed E-state index contributed by atoms with van der Waals surface area (Å²) in [5, 5.41) is 18.5. The predicted molar refractivity (Wildman–Crippen MR) is 70.9 cm³/mol. The molecule has 19 heavy (non-hydrogen) atoms. The first-order chi connectivity index (χ1) is 9.15. The van der Waals surface area contributed by atoms with Crippen molar-refractivity contribution in [1.82, 2.24) is 4.98 Å². The third-order valence-electron chi connectivity index (χ3n) is 2.77. The van der Waals surface area contributed by atoms with E-state index in [0.29, 0.717) is 28.3 Å². The highest BCUT2D eigenvalue weighted by Gasteiger charge is 2.11. The standard InChI is InChI=1S/C15H14N2O2/c1-10-7-15(13(8-16)11(2)17-10)19-14-6-4-3-5-12(14)9-18/h3-7,18H,9H2,1-2H3. The van der Waals surface area contributed by atoms with Crippen molar-refractivity contribution in [3.63, 3.8) is 0 Å². The molecule has 1 aromatic heterocycles. The SMILES string of the molecule is Cc1cc(Oc2ccccc2CO)c(C#N)c(C)n1. The molecular weight excluding hydrogens is 240 g/mol. The molecule has 0 bridgehead atoms. The monoisotopic (exact) mass is 254 g/mol. The second-order valence-electron chi connectivity index (χ2n) is 4.20. The topological polar surface area (TPSA) is 66.1 Å².